The molecule has 142 valence electrons. The minimum atomic E-state index is -0.298. The Morgan fingerprint density at radius 1 is 1.40 bits per heavy atom. The maximum Gasteiger partial charge on any atom is 0.407 e. The maximum atomic E-state index is 12.0. The molecule has 25 heavy (non-hydrogen) atoms. The lowest BCUT2D eigenvalue weighted by atomic mass is 9.64. The van der Waals surface area contributed by atoms with Crippen LogP contribution in [0.3, 0.4) is 0 Å². The zero-order valence-electron chi connectivity index (χ0n) is 16.3. The summed E-state index contributed by atoms with van der Waals surface area (Å²) in [6.45, 7) is 12.1. The molecule has 1 spiro atoms. The number of carbonyl (C=O) groups excluding carboxylic acids is 1. The van der Waals surface area contributed by atoms with Crippen molar-refractivity contribution >= 4 is 6.09 Å². The van der Waals surface area contributed by atoms with E-state index < -0.39 is 0 Å². The van der Waals surface area contributed by atoms with E-state index in [2.05, 4.69) is 39.1 Å². The summed E-state index contributed by atoms with van der Waals surface area (Å²) in [7, 11) is 0. The Hall–Kier alpha value is -1.07. The van der Waals surface area contributed by atoms with Gasteiger partial charge in [-0.25, -0.2) is 4.79 Å². The summed E-state index contributed by atoms with van der Waals surface area (Å²) in [5.41, 5.74) is 1.08. The fraction of sp³-hybridized carbons (Fsp3) is 0.850. The van der Waals surface area contributed by atoms with Gasteiger partial charge < -0.3 is 19.5 Å². The SMILES string of the molecule is CCCNC(=O)OC1CC[C@]2(CO2)C([C@]2(C)O[C@@H]2CC=C(C)C)C1C. The highest BCUT2D eigenvalue weighted by molar-refractivity contribution is 5.67. The van der Waals surface area contributed by atoms with Gasteiger partial charge in [-0.15, -0.1) is 0 Å². The molecule has 3 unspecified atom stereocenters. The second-order valence-electron chi connectivity index (χ2n) is 8.41. The van der Waals surface area contributed by atoms with Crippen LogP contribution in [0.4, 0.5) is 4.79 Å². The monoisotopic (exact) mass is 351 g/mol. The average molecular weight is 351 g/mol. The second-order valence-corrected chi connectivity index (χ2v) is 8.41. The van der Waals surface area contributed by atoms with Crippen LogP contribution in [0.2, 0.25) is 0 Å². The van der Waals surface area contributed by atoms with Gasteiger partial charge in [0.1, 0.15) is 6.10 Å². The van der Waals surface area contributed by atoms with E-state index >= 15 is 0 Å². The molecule has 0 bridgehead atoms. The van der Waals surface area contributed by atoms with Crippen LogP contribution < -0.4 is 5.32 Å². The van der Waals surface area contributed by atoms with E-state index in [1.54, 1.807) is 0 Å². The van der Waals surface area contributed by atoms with Gasteiger partial charge in [0.25, 0.3) is 0 Å². The third kappa shape index (κ3) is 3.72. The summed E-state index contributed by atoms with van der Waals surface area (Å²) in [6.07, 6.45) is 5.79. The molecular weight excluding hydrogens is 318 g/mol. The molecule has 2 saturated heterocycles. The number of carbonyl (C=O) groups is 1. The Morgan fingerprint density at radius 3 is 2.72 bits per heavy atom. The van der Waals surface area contributed by atoms with Crippen LogP contribution in [0.15, 0.2) is 11.6 Å². The third-order valence-electron chi connectivity index (χ3n) is 6.16. The van der Waals surface area contributed by atoms with Gasteiger partial charge in [-0.05, 0) is 46.5 Å². The molecule has 3 aliphatic rings. The van der Waals surface area contributed by atoms with Crippen molar-refractivity contribution in [3.8, 4) is 0 Å². The molecule has 0 aromatic rings. The lowest BCUT2D eigenvalue weighted by molar-refractivity contribution is -0.0422. The standard InChI is InChI=1S/C20H33NO4/c1-6-11-21-18(22)24-15-9-10-20(12-23-20)17(14(15)4)19(5)16(25-19)8-7-13(2)3/h7,14-17H,6,8-12H2,1-5H3,(H,21,22)/t14?,15?,16-,17?,19-,20+/m1/s1. The number of epoxide rings is 2. The molecule has 3 rings (SSSR count). The number of hydrogen-bond donors (Lipinski definition) is 1. The Bertz CT molecular complexity index is 538. The van der Waals surface area contributed by atoms with Crippen molar-refractivity contribution in [3.05, 3.63) is 11.6 Å². The first-order chi connectivity index (χ1) is 11.8. The Morgan fingerprint density at radius 2 is 2.12 bits per heavy atom. The van der Waals surface area contributed by atoms with E-state index in [4.69, 9.17) is 14.2 Å². The Balaban J connectivity index is 1.67. The number of nitrogens with one attached hydrogen (secondary N) is 1. The number of amides is 1. The van der Waals surface area contributed by atoms with Crippen LogP contribution >= 0.6 is 0 Å². The number of alkyl carbamates (subject to hydrolysis) is 1. The molecule has 5 nitrogen and oxygen atoms in total. The van der Waals surface area contributed by atoms with Gasteiger partial charge in [-0.1, -0.05) is 25.5 Å². The van der Waals surface area contributed by atoms with E-state index in [1.165, 1.54) is 5.57 Å². The molecule has 0 radical (unpaired) electrons. The molecule has 1 amide bonds. The molecule has 2 heterocycles. The van der Waals surface area contributed by atoms with E-state index in [0.717, 1.165) is 32.3 Å². The third-order valence-corrected chi connectivity index (χ3v) is 6.16. The van der Waals surface area contributed by atoms with Crippen LogP contribution in [0.5, 0.6) is 0 Å². The summed E-state index contributed by atoms with van der Waals surface area (Å²) in [4.78, 5) is 12.0. The maximum absolute atomic E-state index is 12.0. The van der Waals surface area contributed by atoms with Gasteiger partial charge in [0.15, 0.2) is 0 Å². The Labute approximate surface area is 151 Å². The minimum Gasteiger partial charge on any atom is -0.446 e. The van der Waals surface area contributed by atoms with Crippen molar-refractivity contribution in [1.82, 2.24) is 5.32 Å². The zero-order chi connectivity index (χ0) is 18.2. The summed E-state index contributed by atoms with van der Waals surface area (Å²) in [5, 5.41) is 2.82. The van der Waals surface area contributed by atoms with Crippen molar-refractivity contribution in [2.24, 2.45) is 11.8 Å². The first-order valence-corrected chi connectivity index (χ1v) is 9.72. The average Bonchev–Trinajstić information content (AvgIpc) is 3.45. The number of rotatable bonds is 6. The lowest BCUT2D eigenvalue weighted by Gasteiger charge is -2.42. The molecule has 5 heteroatoms. The topological polar surface area (TPSA) is 63.4 Å². The van der Waals surface area contributed by atoms with Gasteiger partial charge in [-0.2, -0.15) is 0 Å². The van der Waals surface area contributed by atoms with E-state index in [9.17, 15) is 4.79 Å². The minimum absolute atomic E-state index is 0.0619. The van der Waals surface area contributed by atoms with Gasteiger partial charge in [-0.3, -0.25) is 0 Å². The van der Waals surface area contributed by atoms with Crippen LogP contribution in [0.25, 0.3) is 0 Å². The van der Waals surface area contributed by atoms with Gasteiger partial charge in [0, 0.05) is 18.4 Å². The van der Waals surface area contributed by atoms with E-state index in [-0.39, 0.29) is 41.3 Å². The predicted octanol–water partition coefficient (Wildman–Crippen LogP) is 3.82. The fourth-order valence-corrected chi connectivity index (χ4v) is 4.70. The van der Waals surface area contributed by atoms with Crippen molar-refractivity contribution in [2.45, 2.75) is 83.7 Å². The normalized spacial score (nSPS) is 42.0. The lowest BCUT2D eigenvalue weighted by Crippen LogP contribution is -2.51. The molecule has 3 fully saturated rings. The van der Waals surface area contributed by atoms with Crippen LogP contribution in [-0.4, -0.2) is 42.7 Å². The smallest absolute Gasteiger partial charge is 0.407 e. The number of allylic oxidation sites excluding steroid dienone is 1. The quantitative estimate of drug-likeness (QED) is 0.584. The largest absolute Gasteiger partial charge is 0.446 e. The molecule has 1 saturated carbocycles. The fourth-order valence-electron chi connectivity index (χ4n) is 4.70. The molecule has 0 aromatic carbocycles. The molecule has 1 N–H and O–H groups in total. The van der Waals surface area contributed by atoms with Crippen LogP contribution in [0.1, 0.15) is 60.3 Å². The highest BCUT2D eigenvalue weighted by atomic mass is 16.6. The summed E-state index contributed by atoms with van der Waals surface area (Å²) < 4.78 is 17.8. The highest BCUT2D eigenvalue weighted by Gasteiger charge is 2.70. The van der Waals surface area contributed by atoms with E-state index in [0.29, 0.717) is 6.54 Å². The molecule has 1 aliphatic carbocycles. The zero-order valence-corrected chi connectivity index (χ0v) is 16.3. The first-order valence-electron chi connectivity index (χ1n) is 9.72. The van der Waals surface area contributed by atoms with Crippen LogP contribution in [-0.2, 0) is 14.2 Å². The number of hydrogen-bond acceptors (Lipinski definition) is 4. The van der Waals surface area contributed by atoms with Gasteiger partial charge in [0.05, 0.1) is 23.9 Å². The molecular formula is C20H33NO4. The Kier molecular flexibility index (Phi) is 5.18. The van der Waals surface area contributed by atoms with Crippen molar-refractivity contribution < 1.29 is 19.0 Å². The molecule has 2 aliphatic heterocycles. The van der Waals surface area contributed by atoms with Crippen molar-refractivity contribution in [2.75, 3.05) is 13.2 Å². The van der Waals surface area contributed by atoms with Crippen LogP contribution in [0, 0.1) is 11.8 Å². The number of ether oxygens (including phenoxy) is 3. The second kappa shape index (κ2) is 6.92. The first kappa shape index (κ1) is 18.7. The highest BCUT2D eigenvalue weighted by Crippen LogP contribution is 2.60. The molecule has 0 aromatic heterocycles. The van der Waals surface area contributed by atoms with Gasteiger partial charge in [0.2, 0.25) is 0 Å². The van der Waals surface area contributed by atoms with E-state index in [1.807, 2.05) is 6.92 Å². The predicted molar refractivity (Wildman–Crippen MR) is 96.5 cm³/mol. The summed E-state index contributed by atoms with van der Waals surface area (Å²) in [5.74, 6) is 0.499. The van der Waals surface area contributed by atoms with Gasteiger partial charge >= 0.3 is 6.09 Å². The van der Waals surface area contributed by atoms with Crippen molar-refractivity contribution in [1.29, 1.82) is 0 Å². The summed E-state index contributed by atoms with van der Waals surface area (Å²) >= 11 is 0. The van der Waals surface area contributed by atoms with Crippen molar-refractivity contribution in [3.63, 3.8) is 0 Å². The summed E-state index contributed by atoms with van der Waals surface area (Å²) in [6, 6.07) is 0. The molecule has 6 atom stereocenters.